The fourth-order valence-corrected chi connectivity index (χ4v) is 2.84. The van der Waals surface area contributed by atoms with Crippen LogP contribution >= 0.6 is 0 Å². The SMILES string of the molecule is COC(=O)Cn1c(=O)oc2cc(N(CC(=O)OC(C)(C)C)[SH](=O)=O)ccc21. The highest BCUT2D eigenvalue weighted by atomic mass is 32.2. The topological polar surface area (TPSA) is 125 Å². The number of anilines is 1. The molecule has 0 aliphatic rings. The van der Waals surface area contributed by atoms with Crippen molar-refractivity contribution >= 4 is 39.6 Å². The summed E-state index contributed by atoms with van der Waals surface area (Å²) in [6, 6.07) is 4.10. The Hall–Kier alpha value is -2.82. The van der Waals surface area contributed by atoms with Crippen LogP contribution in [-0.2, 0) is 36.5 Å². The number of benzene rings is 1. The molecule has 0 fully saturated rings. The van der Waals surface area contributed by atoms with E-state index in [1.165, 1.54) is 25.3 Å². The summed E-state index contributed by atoms with van der Waals surface area (Å²) in [5.74, 6) is -2.16. The van der Waals surface area contributed by atoms with Crippen molar-refractivity contribution in [2.75, 3.05) is 18.0 Å². The van der Waals surface area contributed by atoms with Gasteiger partial charge in [0.15, 0.2) is 5.58 Å². The number of thiol groups is 1. The van der Waals surface area contributed by atoms with E-state index in [0.29, 0.717) is 0 Å². The lowest BCUT2D eigenvalue weighted by Gasteiger charge is -2.22. The quantitative estimate of drug-likeness (QED) is 0.547. The van der Waals surface area contributed by atoms with Crippen LogP contribution in [0, 0.1) is 0 Å². The van der Waals surface area contributed by atoms with Crippen LogP contribution in [0.25, 0.3) is 11.1 Å². The molecule has 148 valence electrons. The average Bonchev–Trinajstić information content (AvgIpc) is 2.85. The maximum Gasteiger partial charge on any atom is 0.420 e. The smallest absolute Gasteiger partial charge is 0.420 e. The van der Waals surface area contributed by atoms with Crippen molar-refractivity contribution in [2.24, 2.45) is 0 Å². The van der Waals surface area contributed by atoms with Gasteiger partial charge in [0.1, 0.15) is 18.7 Å². The number of oxazole rings is 1. The van der Waals surface area contributed by atoms with Crippen molar-refractivity contribution in [1.29, 1.82) is 0 Å². The van der Waals surface area contributed by atoms with Gasteiger partial charge in [-0.1, -0.05) is 0 Å². The predicted molar refractivity (Wildman–Crippen MR) is 96.0 cm³/mol. The van der Waals surface area contributed by atoms with Crippen molar-refractivity contribution in [2.45, 2.75) is 32.9 Å². The first kappa shape index (κ1) is 20.5. The van der Waals surface area contributed by atoms with Crippen LogP contribution < -0.4 is 10.1 Å². The molecule has 27 heavy (non-hydrogen) atoms. The monoisotopic (exact) mass is 400 g/mol. The maximum atomic E-state index is 12.0. The molecular weight excluding hydrogens is 380 g/mol. The Balaban J connectivity index is 2.37. The van der Waals surface area contributed by atoms with E-state index in [2.05, 4.69) is 4.74 Å². The van der Waals surface area contributed by atoms with Crippen LogP contribution in [0.3, 0.4) is 0 Å². The number of hydrogen-bond acceptors (Lipinski definition) is 8. The molecule has 0 spiro atoms. The Morgan fingerprint density at radius 3 is 2.44 bits per heavy atom. The van der Waals surface area contributed by atoms with E-state index < -0.39 is 40.7 Å². The lowest BCUT2D eigenvalue weighted by atomic mass is 10.2. The standard InChI is InChI=1S/C16H20N2O8S/c1-16(2,3)26-14(20)9-18(27(22)23)10-5-6-11-12(7-10)25-15(21)17(11)8-13(19)24-4/h5-7,27H,8-9H2,1-4H3. The summed E-state index contributed by atoms with van der Waals surface area (Å²) in [5.41, 5.74) is -0.303. The Bertz CT molecular complexity index is 988. The van der Waals surface area contributed by atoms with Crippen LogP contribution in [0.5, 0.6) is 0 Å². The lowest BCUT2D eigenvalue weighted by molar-refractivity contribution is -0.152. The minimum absolute atomic E-state index is 0.0624. The molecule has 1 heterocycles. The molecule has 0 atom stereocenters. The molecule has 0 saturated heterocycles. The van der Waals surface area contributed by atoms with Gasteiger partial charge in [-0.15, -0.1) is 0 Å². The molecule has 11 heteroatoms. The number of esters is 2. The fourth-order valence-electron chi connectivity index (χ4n) is 2.30. The maximum absolute atomic E-state index is 12.0. The molecule has 0 amide bonds. The van der Waals surface area contributed by atoms with Crippen LogP contribution in [0.15, 0.2) is 27.4 Å². The number of ether oxygens (including phenoxy) is 2. The number of carbonyl (C=O) groups is 2. The summed E-state index contributed by atoms with van der Waals surface area (Å²) in [6.07, 6.45) is 0. The Morgan fingerprint density at radius 2 is 1.89 bits per heavy atom. The van der Waals surface area contributed by atoms with Gasteiger partial charge in [0.2, 0.25) is 10.9 Å². The summed E-state index contributed by atoms with van der Waals surface area (Å²) < 4.78 is 39.8. The second-order valence-corrected chi connectivity index (χ2v) is 7.52. The molecule has 0 aliphatic carbocycles. The van der Waals surface area contributed by atoms with Gasteiger partial charge >= 0.3 is 17.7 Å². The molecule has 0 bridgehead atoms. The van der Waals surface area contributed by atoms with Crippen molar-refractivity contribution < 1.29 is 31.9 Å². The number of aromatic nitrogens is 1. The second kappa shape index (κ2) is 7.82. The van der Waals surface area contributed by atoms with Crippen LogP contribution in [-0.4, -0.2) is 44.2 Å². The van der Waals surface area contributed by atoms with Gasteiger partial charge in [-0.2, -0.15) is 0 Å². The van der Waals surface area contributed by atoms with E-state index in [1.807, 2.05) is 0 Å². The van der Waals surface area contributed by atoms with E-state index in [0.717, 1.165) is 8.87 Å². The number of rotatable bonds is 6. The van der Waals surface area contributed by atoms with Gasteiger partial charge in [0.05, 0.1) is 18.3 Å². The van der Waals surface area contributed by atoms with Crippen LogP contribution in [0.4, 0.5) is 5.69 Å². The van der Waals surface area contributed by atoms with Crippen molar-refractivity contribution in [1.82, 2.24) is 4.57 Å². The summed E-state index contributed by atoms with van der Waals surface area (Å²) in [5, 5.41) is 0. The normalized spacial score (nSPS) is 11.6. The molecule has 0 radical (unpaired) electrons. The minimum atomic E-state index is -3.16. The number of hydrogen-bond donors (Lipinski definition) is 1. The van der Waals surface area contributed by atoms with Crippen molar-refractivity contribution in [3.8, 4) is 0 Å². The van der Waals surface area contributed by atoms with Gasteiger partial charge in [-0.05, 0) is 32.9 Å². The number of fused-ring (bicyclic) bond motifs is 1. The zero-order chi connectivity index (χ0) is 20.4. The number of nitrogens with zero attached hydrogens (tertiary/aromatic N) is 2. The van der Waals surface area contributed by atoms with Crippen LogP contribution in [0.1, 0.15) is 20.8 Å². The molecule has 2 rings (SSSR count). The third-order valence-corrected chi connectivity index (χ3v) is 4.13. The highest BCUT2D eigenvalue weighted by molar-refractivity contribution is 7.74. The highest BCUT2D eigenvalue weighted by Gasteiger charge is 2.22. The highest BCUT2D eigenvalue weighted by Crippen LogP contribution is 2.22. The Morgan fingerprint density at radius 1 is 1.22 bits per heavy atom. The molecular formula is C16H20N2O8S. The summed E-state index contributed by atoms with van der Waals surface area (Å²) >= 11 is 0. The Kier molecular flexibility index (Phi) is 5.94. The Labute approximate surface area is 156 Å². The van der Waals surface area contributed by atoms with Gasteiger partial charge < -0.3 is 13.9 Å². The number of carbonyl (C=O) groups excluding carboxylic acids is 2. The van der Waals surface area contributed by atoms with E-state index in [-0.39, 0.29) is 23.3 Å². The molecule has 0 saturated carbocycles. The summed E-state index contributed by atoms with van der Waals surface area (Å²) in [7, 11) is -1.97. The minimum Gasteiger partial charge on any atom is -0.468 e. The molecule has 0 aliphatic heterocycles. The van der Waals surface area contributed by atoms with Gasteiger partial charge in [0.25, 0.3) is 0 Å². The van der Waals surface area contributed by atoms with Gasteiger partial charge in [0, 0.05) is 6.07 Å². The third kappa shape index (κ3) is 5.09. The molecule has 0 N–H and O–H groups in total. The van der Waals surface area contributed by atoms with Crippen molar-refractivity contribution in [3.05, 3.63) is 28.7 Å². The van der Waals surface area contributed by atoms with Gasteiger partial charge in [-0.25, -0.2) is 13.2 Å². The third-order valence-electron chi connectivity index (χ3n) is 3.36. The second-order valence-electron chi connectivity index (χ2n) is 6.56. The largest absolute Gasteiger partial charge is 0.468 e. The number of methoxy groups -OCH3 is 1. The zero-order valence-electron chi connectivity index (χ0n) is 15.3. The fraction of sp³-hybridized carbons (Fsp3) is 0.438. The molecule has 10 nitrogen and oxygen atoms in total. The van der Waals surface area contributed by atoms with E-state index in [4.69, 9.17) is 9.15 Å². The van der Waals surface area contributed by atoms with Crippen molar-refractivity contribution in [3.63, 3.8) is 0 Å². The van der Waals surface area contributed by atoms with E-state index in [1.54, 1.807) is 20.8 Å². The van der Waals surface area contributed by atoms with E-state index >= 15 is 0 Å². The first-order valence-electron chi connectivity index (χ1n) is 7.85. The first-order valence-corrected chi connectivity index (χ1v) is 8.99. The molecule has 0 unspecified atom stereocenters. The molecule has 2 aromatic rings. The zero-order valence-corrected chi connectivity index (χ0v) is 16.1. The molecule has 1 aromatic heterocycles. The molecule has 1 aromatic carbocycles. The van der Waals surface area contributed by atoms with Gasteiger partial charge in [-0.3, -0.25) is 18.5 Å². The first-order chi connectivity index (χ1) is 12.5. The predicted octanol–water partition coefficient (Wildman–Crippen LogP) is 0.442. The average molecular weight is 400 g/mol. The van der Waals surface area contributed by atoms with E-state index in [9.17, 15) is 22.8 Å². The lowest BCUT2D eigenvalue weighted by Crippen LogP contribution is -2.34. The summed E-state index contributed by atoms with van der Waals surface area (Å²) in [4.78, 5) is 35.3. The van der Waals surface area contributed by atoms with Crippen LogP contribution in [0.2, 0.25) is 0 Å². The summed E-state index contributed by atoms with van der Waals surface area (Å²) in [6.45, 7) is 4.11.